The molecule has 0 atom stereocenters. The van der Waals surface area contributed by atoms with E-state index in [0.717, 1.165) is 31.7 Å². The summed E-state index contributed by atoms with van der Waals surface area (Å²) in [6.45, 7) is 3.67. The molecule has 1 fully saturated rings. The molecule has 0 spiro atoms. The average Bonchev–Trinajstić information content (AvgIpc) is 3.31. The van der Waals surface area contributed by atoms with Crippen molar-refractivity contribution in [2.24, 2.45) is 5.10 Å². The van der Waals surface area contributed by atoms with Crippen LogP contribution >= 0.6 is 11.6 Å². The Kier molecular flexibility index (Phi) is 6.15. The van der Waals surface area contributed by atoms with Crippen molar-refractivity contribution in [2.45, 2.75) is 0 Å². The first-order valence-corrected chi connectivity index (χ1v) is 11.4. The SMILES string of the molecule is O=C(CN1CCN(c2ccccc2)CC1)N1NC(c2ccccc2)=NN1c1ccccc1Cl. The standard InChI is InChI=1S/C25H25ClN6O/c26-22-13-7-8-14-23(22)31-27-25(20-9-3-1-4-10-20)28-32(31)24(33)19-29-15-17-30(18-16-29)21-11-5-2-6-12-21/h1-14H,15-19H2,(H,27,28). The van der Waals surface area contributed by atoms with Gasteiger partial charge in [0.05, 0.1) is 11.6 Å². The second kappa shape index (κ2) is 9.52. The van der Waals surface area contributed by atoms with E-state index >= 15 is 0 Å². The molecule has 2 aliphatic heterocycles. The number of hydrazine groups is 2. The first-order valence-electron chi connectivity index (χ1n) is 11.0. The van der Waals surface area contributed by atoms with Crippen molar-refractivity contribution < 1.29 is 4.79 Å². The van der Waals surface area contributed by atoms with Gasteiger partial charge in [0, 0.05) is 37.4 Å². The topological polar surface area (TPSA) is 54.4 Å². The minimum Gasteiger partial charge on any atom is -0.369 e. The second-order valence-electron chi connectivity index (χ2n) is 7.97. The molecule has 0 unspecified atom stereocenters. The fraction of sp³-hybridized carbons (Fsp3) is 0.200. The van der Waals surface area contributed by atoms with Gasteiger partial charge in [-0.25, -0.2) is 0 Å². The van der Waals surface area contributed by atoms with Crippen LogP contribution in [0.15, 0.2) is 90.0 Å². The third-order valence-corrected chi connectivity index (χ3v) is 6.12. The van der Waals surface area contributed by atoms with Crippen LogP contribution < -0.4 is 15.4 Å². The number of nitrogens with one attached hydrogen (secondary N) is 1. The number of carbonyl (C=O) groups excluding carboxylic acids is 1. The molecular formula is C25H25ClN6O. The first-order chi connectivity index (χ1) is 16.2. The van der Waals surface area contributed by atoms with Gasteiger partial charge in [0.25, 0.3) is 5.91 Å². The number of carbonyl (C=O) groups is 1. The molecule has 0 aromatic heterocycles. The van der Waals surface area contributed by atoms with E-state index in [1.807, 2.05) is 54.6 Å². The predicted molar refractivity (Wildman–Crippen MR) is 132 cm³/mol. The number of anilines is 2. The molecule has 2 aliphatic rings. The zero-order valence-corrected chi connectivity index (χ0v) is 18.9. The number of nitrogens with zero attached hydrogens (tertiary/aromatic N) is 5. The fourth-order valence-electron chi connectivity index (χ4n) is 4.03. The Labute approximate surface area is 198 Å². The van der Waals surface area contributed by atoms with Gasteiger partial charge in [0.1, 0.15) is 5.69 Å². The first kappa shape index (κ1) is 21.3. The van der Waals surface area contributed by atoms with E-state index in [4.69, 9.17) is 11.6 Å². The van der Waals surface area contributed by atoms with Crippen molar-refractivity contribution in [1.29, 1.82) is 0 Å². The van der Waals surface area contributed by atoms with Crippen LogP contribution in [0, 0.1) is 0 Å². The summed E-state index contributed by atoms with van der Waals surface area (Å²) < 4.78 is 0. The number of piperazine rings is 1. The second-order valence-corrected chi connectivity index (χ2v) is 8.38. The maximum atomic E-state index is 13.4. The molecule has 3 aromatic rings. The van der Waals surface area contributed by atoms with Crippen molar-refractivity contribution in [2.75, 3.05) is 42.7 Å². The van der Waals surface area contributed by atoms with Gasteiger partial charge in [0.2, 0.25) is 0 Å². The van der Waals surface area contributed by atoms with Gasteiger partial charge in [-0.1, -0.05) is 72.3 Å². The van der Waals surface area contributed by atoms with E-state index in [2.05, 4.69) is 44.6 Å². The Hall–Kier alpha value is -3.55. The number of halogens is 1. The fourth-order valence-corrected chi connectivity index (χ4v) is 4.24. The molecule has 1 N–H and O–H groups in total. The van der Waals surface area contributed by atoms with Crippen LogP contribution in [-0.2, 0) is 4.79 Å². The van der Waals surface area contributed by atoms with E-state index in [1.165, 1.54) is 10.8 Å². The van der Waals surface area contributed by atoms with E-state index in [-0.39, 0.29) is 12.5 Å². The van der Waals surface area contributed by atoms with Crippen LogP contribution in [0.4, 0.5) is 11.4 Å². The van der Waals surface area contributed by atoms with Crippen molar-refractivity contribution in [3.63, 3.8) is 0 Å². The summed E-state index contributed by atoms with van der Waals surface area (Å²) in [4.78, 5) is 17.9. The Morgan fingerprint density at radius 3 is 2.18 bits per heavy atom. The average molecular weight is 461 g/mol. The lowest BCUT2D eigenvalue weighted by molar-refractivity contribution is -0.134. The molecule has 0 radical (unpaired) electrons. The highest BCUT2D eigenvalue weighted by Gasteiger charge is 2.32. The Morgan fingerprint density at radius 1 is 0.848 bits per heavy atom. The molecule has 3 aromatic carbocycles. The monoisotopic (exact) mass is 460 g/mol. The van der Waals surface area contributed by atoms with Crippen molar-refractivity contribution in [1.82, 2.24) is 15.4 Å². The number of para-hydroxylation sites is 2. The lowest BCUT2D eigenvalue weighted by Crippen LogP contribution is -2.55. The van der Waals surface area contributed by atoms with Crippen LogP contribution in [0.1, 0.15) is 5.56 Å². The van der Waals surface area contributed by atoms with Crippen LogP contribution in [0.5, 0.6) is 0 Å². The normalized spacial score (nSPS) is 16.5. The Balaban J connectivity index is 1.30. The molecule has 168 valence electrons. The summed E-state index contributed by atoms with van der Waals surface area (Å²) in [7, 11) is 0. The summed E-state index contributed by atoms with van der Waals surface area (Å²) in [5, 5.41) is 8.19. The van der Waals surface area contributed by atoms with Gasteiger partial charge in [-0.3, -0.25) is 15.1 Å². The van der Waals surface area contributed by atoms with Crippen molar-refractivity contribution in [3.05, 3.63) is 95.5 Å². The molecular weight excluding hydrogens is 436 g/mol. The third-order valence-electron chi connectivity index (χ3n) is 5.80. The smallest absolute Gasteiger partial charge is 0.276 e. The van der Waals surface area contributed by atoms with E-state index in [9.17, 15) is 4.79 Å². The molecule has 2 heterocycles. The largest absolute Gasteiger partial charge is 0.369 e. The van der Waals surface area contributed by atoms with Crippen molar-refractivity contribution >= 4 is 34.7 Å². The molecule has 0 bridgehead atoms. The van der Waals surface area contributed by atoms with Crippen molar-refractivity contribution in [3.8, 4) is 0 Å². The molecule has 8 heteroatoms. The zero-order valence-electron chi connectivity index (χ0n) is 18.1. The highest BCUT2D eigenvalue weighted by atomic mass is 35.5. The highest BCUT2D eigenvalue weighted by Crippen LogP contribution is 2.29. The Morgan fingerprint density at radius 2 is 1.48 bits per heavy atom. The predicted octanol–water partition coefficient (Wildman–Crippen LogP) is 3.59. The van der Waals surface area contributed by atoms with E-state index in [0.29, 0.717) is 16.5 Å². The van der Waals surface area contributed by atoms with Gasteiger partial charge >= 0.3 is 0 Å². The maximum Gasteiger partial charge on any atom is 0.276 e. The molecule has 33 heavy (non-hydrogen) atoms. The van der Waals surface area contributed by atoms with Gasteiger partial charge < -0.3 is 4.90 Å². The summed E-state index contributed by atoms with van der Waals surface area (Å²) in [5.74, 6) is 0.496. The molecule has 1 saturated heterocycles. The number of hydrogen-bond acceptors (Lipinski definition) is 6. The lowest BCUT2D eigenvalue weighted by Gasteiger charge is -2.36. The highest BCUT2D eigenvalue weighted by molar-refractivity contribution is 6.33. The van der Waals surface area contributed by atoms with Gasteiger partial charge in [-0.2, -0.15) is 0 Å². The molecule has 1 amide bonds. The van der Waals surface area contributed by atoms with Gasteiger partial charge in [-0.05, 0) is 24.3 Å². The number of hydrogen-bond donors (Lipinski definition) is 1. The summed E-state index contributed by atoms with van der Waals surface area (Å²) in [5.41, 5.74) is 5.92. The van der Waals surface area contributed by atoms with Crippen LogP contribution in [0.2, 0.25) is 5.02 Å². The molecule has 7 nitrogen and oxygen atoms in total. The number of rotatable bonds is 5. The van der Waals surface area contributed by atoms with Crippen LogP contribution in [0.25, 0.3) is 0 Å². The van der Waals surface area contributed by atoms with Crippen LogP contribution in [0.3, 0.4) is 0 Å². The minimum absolute atomic E-state index is 0.0993. The number of hydrazone groups is 1. The number of amides is 1. The zero-order chi connectivity index (χ0) is 22.6. The lowest BCUT2D eigenvalue weighted by atomic mass is 10.2. The summed E-state index contributed by atoms with van der Waals surface area (Å²) in [6, 6.07) is 27.5. The molecule has 0 saturated carbocycles. The summed E-state index contributed by atoms with van der Waals surface area (Å²) >= 11 is 6.44. The van der Waals surface area contributed by atoms with Crippen LogP contribution in [-0.4, -0.2) is 54.5 Å². The van der Waals surface area contributed by atoms with E-state index < -0.39 is 0 Å². The number of amidine groups is 1. The van der Waals surface area contributed by atoms with Gasteiger partial charge in [0.15, 0.2) is 5.84 Å². The van der Waals surface area contributed by atoms with Gasteiger partial charge in [-0.15, -0.1) is 15.3 Å². The minimum atomic E-state index is -0.0993. The molecule has 0 aliphatic carbocycles. The maximum absolute atomic E-state index is 13.4. The van der Waals surface area contributed by atoms with E-state index in [1.54, 1.807) is 11.2 Å². The molecule has 5 rings (SSSR count). The Bertz CT molecular complexity index is 1130. The number of benzene rings is 3. The quantitative estimate of drug-likeness (QED) is 0.630. The summed E-state index contributed by atoms with van der Waals surface area (Å²) in [6.07, 6.45) is 0. The third kappa shape index (κ3) is 4.65.